The van der Waals surface area contributed by atoms with E-state index in [1.165, 1.54) is 0 Å². The predicted molar refractivity (Wildman–Crippen MR) is 104 cm³/mol. The Balaban J connectivity index is 1.88. The van der Waals surface area contributed by atoms with Crippen LogP contribution in [0.3, 0.4) is 0 Å². The van der Waals surface area contributed by atoms with Crippen molar-refractivity contribution in [3.8, 4) is 0 Å². The van der Waals surface area contributed by atoms with Gasteiger partial charge in [0.15, 0.2) is 0 Å². The van der Waals surface area contributed by atoms with Crippen LogP contribution in [-0.2, 0) is 15.0 Å². The van der Waals surface area contributed by atoms with E-state index in [4.69, 9.17) is 6.57 Å². The molecule has 0 aromatic heterocycles. The van der Waals surface area contributed by atoms with E-state index in [2.05, 4.69) is 4.85 Å². The van der Waals surface area contributed by atoms with Crippen LogP contribution in [-0.4, -0.2) is 24.3 Å². The van der Waals surface area contributed by atoms with Crippen molar-refractivity contribution < 1.29 is 9.59 Å². The molecular weight excluding hydrogens is 336 g/mol. The highest BCUT2D eigenvalue weighted by molar-refractivity contribution is 6.05. The van der Waals surface area contributed by atoms with Gasteiger partial charge in [0.2, 0.25) is 11.7 Å². The van der Waals surface area contributed by atoms with Crippen LogP contribution in [0.2, 0.25) is 0 Å². The highest BCUT2D eigenvalue weighted by Gasteiger charge is 2.61. The summed E-state index contributed by atoms with van der Waals surface area (Å²) in [6.45, 7) is 10.0. The van der Waals surface area contributed by atoms with Crippen molar-refractivity contribution in [3.63, 3.8) is 0 Å². The topological polar surface area (TPSA) is 41.7 Å². The van der Waals surface area contributed by atoms with Crippen LogP contribution in [0.15, 0.2) is 60.7 Å². The Morgan fingerprint density at radius 3 is 2.30 bits per heavy atom. The van der Waals surface area contributed by atoms with E-state index in [0.29, 0.717) is 6.54 Å². The molecule has 0 radical (unpaired) electrons. The average molecular weight is 358 g/mol. The number of rotatable bonds is 2. The van der Waals surface area contributed by atoms with Crippen molar-refractivity contribution in [2.45, 2.75) is 31.2 Å². The first-order chi connectivity index (χ1) is 13.1. The van der Waals surface area contributed by atoms with Gasteiger partial charge in [0.25, 0.3) is 6.04 Å². The van der Waals surface area contributed by atoms with Gasteiger partial charge in [0.1, 0.15) is 0 Å². The normalized spacial score (nSPS) is 30.5. The molecule has 1 heterocycles. The Morgan fingerprint density at radius 2 is 1.67 bits per heavy atom. The van der Waals surface area contributed by atoms with Crippen molar-refractivity contribution in [1.82, 2.24) is 0 Å². The largest absolute Gasteiger partial charge is 0.312 e. The van der Waals surface area contributed by atoms with Gasteiger partial charge >= 0.3 is 0 Å². The van der Waals surface area contributed by atoms with E-state index in [1.807, 2.05) is 72.5 Å². The molecule has 0 bridgehead atoms. The summed E-state index contributed by atoms with van der Waals surface area (Å²) in [5.41, 5.74) is 0.978. The van der Waals surface area contributed by atoms with Crippen molar-refractivity contribution in [2.75, 3.05) is 11.4 Å². The third-order valence-corrected chi connectivity index (χ3v) is 6.33. The van der Waals surface area contributed by atoms with Gasteiger partial charge in [0, 0.05) is 24.6 Å². The quantitative estimate of drug-likeness (QED) is 0.765. The zero-order chi connectivity index (χ0) is 19.0. The summed E-state index contributed by atoms with van der Waals surface area (Å²) in [6.07, 6.45) is 1.03. The minimum absolute atomic E-state index is 0.0116. The fourth-order valence-electron chi connectivity index (χ4n) is 4.99. The number of nitrogens with zero attached hydrogens (tertiary/aromatic N) is 2. The van der Waals surface area contributed by atoms with Crippen LogP contribution < -0.4 is 4.90 Å². The number of Topliss-reactive ketones (excluding diaryl/α,β-unsaturated/α-hetero) is 1. The molecule has 1 amide bonds. The van der Waals surface area contributed by atoms with Gasteiger partial charge in [0.05, 0.1) is 5.41 Å². The summed E-state index contributed by atoms with van der Waals surface area (Å²) in [7, 11) is 0. The maximum Gasteiger partial charge on any atom is 0.282 e. The van der Waals surface area contributed by atoms with Gasteiger partial charge < -0.3 is 9.74 Å². The Hall–Kier alpha value is -2.93. The standard InChI is InChI=1S/C23H22N2O2/c1-16-19-13-14-25(18-11-7-4-8-12-18)22(27)23(19,15-20(24-2)21(16)26)17-9-5-3-6-10-17/h3-12,16,19-20H,13-15H2,1H3/t16-,19-,20?,23+/m0/s1. The van der Waals surface area contributed by atoms with Gasteiger partial charge in [-0.2, -0.15) is 0 Å². The third kappa shape index (κ3) is 2.57. The summed E-state index contributed by atoms with van der Waals surface area (Å²) < 4.78 is 0. The molecule has 1 aliphatic heterocycles. The molecule has 4 heteroatoms. The molecule has 1 unspecified atom stereocenters. The first-order valence-corrected chi connectivity index (χ1v) is 9.42. The molecule has 0 spiro atoms. The molecule has 0 N–H and O–H groups in total. The number of hydrogen-bond donors (Lipinski definition) is 0. The van der Waals surface area contributed by atoms with E-state index >= 15 is 0 Å². The van der Waals surface area contributed by atoms with Gasteiger partial charge in [-0.3, -0.25) is 9.59 Å². The Labute approximate surface area is 159 Å². The molecule has 2 fully saturated rings. The van der Waals surface area contributed by atoms with E-state index in [0.717, 1.165) is 17.7 Å². The molecule has 1 aliphatic carbocycles. The average Bonchev–Trinajstić information content (AvgIpc) is 2.72. The Kier molecular flexibility index (Phi) is 4.31. The SMILES string of the molecule is [C-]#[N+]C1C[C@]2(c3ccccc3)C(=O)N(c3ccccc3)CC[C@H]2[C@H](C)C1=O. The van der Waals surface area contributed by atoms with Crippen molar-refractivity contribution in [1.29, 1.82) is 0 Å². The Bertz CT molecular complexity index is 903. The summed E-state index contributed by atoms with van der Waals surface area (Å²) in [4.78, 5) is 32.1. The first-order valence-electron chi connectivity index (χ1n) is 9.42. The molecule has 2 aliphatic rings. The number of para-hydroxylation sites is 1. The van der Waals surface area contributed by atoms with Crippen LogP contribution in [0.5, 0.6) is 0 Å². The van der Waals surface area contributed by atoms with Gasteiger partial charge in [-0.15, -0.1) is 0 Å². The lowest BCUT2D eigenvalue weighted by Gasteiger charge is -2.51. The minimum Gasteiger partial charge on any atom is -0.312 e. The fourth-order valence-corrected chi connectivity index (χ4v) is 4.99. The summed E-state index contributed by atoms with van der Waals surface area (Å²) in [6, 6.07) is 18.7. The van der Waals surface area contributed by atoms with E-state index in [9.17, 15) is 9.59 Å². The molecule has 2 aromatic carbocycles. The smallest absolute Gasteiger partial charge is 0.282 e. The Morgan fingerprint density at radius 1 is 1.04 bits per heavy atom. The number of anilines is 1. The zero-order valence-electron chi connectivity index (χ0n) is 15.3. The summed E-state index contributed by atoms with van der Waals surface area (Å²) in [5, 5.41) is 0. The van der Waals surface area contributed by atoms with E-state index < -0.39 is 11.5 Å². The summed E-state index contributed by atoms with van der Waals surface area (Å²) >= 11 is 0. The molecule has 4 rings (SSSR count). The van der Waals surface area contributed by atoms with Crippen LogP contribution in [0, 0.1) is 18.4 Å². The molecule has 136 valence electrons. The molecule has 27 heavy (non-hydrogen) atoms. The second kappa shape index (κ2) is 6.66. The molecule has 1 saturated carbocycles. The van der Waals surface area contributed by atoms with E-state index in [1.54, 1.807) is 0 Å². The number of carbonyl (C=O) groups excluding carboxylic acids is 2. The van der Waals surface area contributed by atoms with Crippen LogP contribution >= 0.6 is 0 Å². The van der Waals surface area contributed by atoms with Crippen LogP contribution in [0.1, 0.15) is 25.3 Å². The number of ketones is 1. The maximum atomic E-state index is 13.9. The number of carbonyl (C=O) groups is 2. The third-order valence-electron chi connectivity index (χ3n) is 6.33. The van der Waals surface area contributed by atoms with Crippen molar-refractivity contribution in [3.05, 3.63) is 77.6 Å². The highest BCUT2D eigenvalue weighted by Crippen LogP contribution is 2.51. The second-order valence-corrected chi connectivity index (χ2v) is 7.56. The number of amides is 1. The lowest BCUT2D eigenvalue weighted by atomic mass is 9.54. The predicted octanol–water partition coefficient (Wildman–Crippen LogP) is 3.87. The molecule has 4 nitrogen and oxygen atoms in total. The highest BCUT2D eigenvalue weighted by atomic mass is 16.2. The maximum absolute atomic E-state index is 13.9. The fraction of sp³-hybridized carbons (Fsp3) is 0.348. The molecular formula is C23H22N2O2. The second-order valence-electron chi connectivity index (χ2n) is 7.56. The van der Waals surface area contributed by atoms with Crippen LogP contribution in [0.4, 0.5) is 5.69 Å². The first kappa shape index (κ1) is 17.5. The van der Waals surface area contributed by atoms with Crippen LogP contribution in [0.25, 0.3) is 4.85 Å². The molecule has 4 atom stereocenters. The van der Waals surface area contributed by atoms with Gasteiger partial charge in [-0.05, 0) is 30.0 Å². The van der Waals surface area contributed by atoms with Crippen molar-refractivity contribution in [2.24, 2.45) is 11.8 Å². The number of piperidine rings is 1. The van der Waals surface area contributed by atoms with Gasteiger partial charge in [-0.25, -0.2) is 6.57 Å². The number of benzene rings is 2. The lowest BCUT2D eigenvalue weighted by molar-refractivity contribution is -0.138. The lowest BCUT2D eigenvalue weighted by Crippen LogP contribution is -2.63. The molecule has 2 aromatic rings. The van der Waals surface area contributed by atoms with Crippen molar-refractivity contribution >= 4 is 17.4 Å². The monoisotopic (exact) mass is 358 g/mol. The number of hydrogen-bond acceptors (Lipinski definition) is 2. The summed E-state index contributed by atoms with van der Waals surface area (Å²) in [5.74, 6) is -0.357. The zero-order valence-corrected chi connectivity index (χ0v) is 15.3. The minimum atomic E-state index is -0.822. The van der Waals surface area contributed by atoms with E-state index in [-0.39, 0.29) is 29.9 Å². The number of fused-ring (bicyclic) bond motifs is 1. The van der Waals surface area contributed by atoms with Gasteiger partial charge in [-0.1, -0.05) is 55.5 Å². The molecule has 1 saturated heterocycles.